The second-order valence-electron chi connectivity index (χ2n) is 5.55. The maximum Gasteiger partial charge on any atom is 0.414 e. The van der Waals surface area contributed by atoms with Crippen molar-refractivity contribution >= 4 is 27.7 Å². The third kappa shape index (κ3) is 2.53. The zero-order valence-electron chi connectivity index (χ0n) is 11.2. The monoisotopic (exact) mass is 311 g/mol. The summed E-state index contributed by atoms with van der Waals surface area (Å²) in [6, 6.07) is 3.96. The molecule has 1 aliphatic rings. The number of hydrogen-bond donors (Lipinski definition) is 0. The van der Waals surface area contributed by atoms with Gasteiger partial charge in [-0.3, -0.25) is 4.90 Å². The van der Waals surface area contributed by atoms with E-state index in [4.69, 9.17) is 4.74 Å². The van der Waals surface area contributed by atoms with E-state index in [2.05, 4.69) is 22.9 Å². The van der Waals surface area contributed by atoms with Gasteiger partial charge in [-0.25, -0.2) is 4.79 Å². The Morgan fingerprint density at radius 1 is 1.39 bits per heavy atom. The van der Waals surface area contributed by atoms with Crippen LogP contribution in [-0.2, 0) is 11.2 Å². The summed E-state index contributed by atoms with van der Waals surface area (Å²) < 4.78 is 6.51. The molecule has 0 saturated heterocycles. The lowest BCUT2D eigenvalue weighted by Crippen LogP contribution is -2.35. The molecule has 18 heavy (non-hydrogen) atoms. The second kappa shape index (κ2) is 4.57. The van der Waals surface area contributed by atoms with Gasteiger partial charge in [0.25, 0.3) is 0 Å². The van der Waals surface area contributed by atoms with Gasteiger partial charge in [-0.1, -0.05) is 15.9 Å². The van der Waals surface area contributed by atoms with E-state index < -0.39 is 5.60 Å². The molecule has 1 aliphatic heterocycles. The van der Waals surface area contributed by atoms with E-state index >= 15 is 0 Å². The second-order valence-corrected chi connectivity index (χ2v) is 6.41. The number of benzene rings is 1. The molecular weight excluding hydrogens is 294 g/mol. The predicted molar refractivity (Wildman–Crippen MR) is 76.2 cm³/mol. The van der Waals surface area contributed by atoms with Crippen molar-refractivity contribution in [2.45, 2.75) is 39.7 Å². The van der Waals surface area contributed by atoms with Crippen LogP contribution >= 0.6 is 15.9 Å². The SMILES string of the molecule is Cc1c(Br)ccc2c1CCN2C(=O)OC(C)(C)C. The first kappa shape index (κ1) is 13.4. The highest BCUT2D eigenvalue weighted by Crippen LogP contribution is 2.35. The summed E-state index contributed by atoms with van der Waals surface area (Å²) in [5.41, 5.74) is 2.96. The average molecular weight is 312 g/mol. The van der Waals surface area contributed by atoms with Crippen molar-refractivity contribution in [1.82, 2.24) is 0 Å². The molecule has 1 amide bonds. The van der Waals surface area contributed by atoms with Crippen LogP contribution in [0.15, 0.2) is 16.6 Å². The number of carbonyl (C=O) groups excluding carboxylic acids is 1. The van der Waals surface area contributed by atoms with Crippen LogP contribution < -0.4 is 4.90 Å². The standard InChI is InChI=1S/C14H18BrNO2/c1-9-10-7-8-16(12(10)6-5-11(9)15)13(17)18-14(2,3)4/h5-6H,7-8H2,1-4H3. The van der Waals surface area contributed by atoms with Crippen LogP contribution in [0.2, 0.25) is 0 Å². The van der Waals surface area contributed by atoms with Gasteiger partial charge in [-0.05, 0) is 57.4 Å². The maximum absolute atomic E-state index is 12.1. The summed E-state index contributed by atoms with van der Waals surface area (Å²) in [6.45, 7) is 8.42. The zero-order chi connectivity index (χ0) is 13.5. The lowest BCUT2D eigenvalue weighted by atomic mass is 10.1. The first-order valence-electron chi connectivity index (χ1n) is 6.08. The molecule has 98 valence electrons. The summed E-state index contributed by atoms with van der Waals surface area (Å²) in [5, 5.41) is 0. The Hall–Kier alpha value is -1.03. The lowest BCUT2D eigenvalue weighted by molar-refractivity contribution is 0.0584. The molecule has 0 unspecified atom stereocenters. The van der Waals surface area contributed by atoms with Crippen LogP contribution in [0, 0.1) is 6.92 Å². The van der Waals surface area contributed by atoms with Gasteiger partial charge in [0, 0.05) is 11.0 Å². The molecular formula is C14H18BrNO2. The summed E-state index contributed by atoms with van der Waals surface area (Å²) in [7, 11) is 0. The molecule has 0 spiro atoms. The summed E-state index contributed by atoms with van der Waals surface area (Å²) >= 11 is 3.52. The van der Waals surface area contributed by atoms with Crippen molar-refractivity contribution in [2.75, 3.05) is 11.4 Å². The van der Waals surface area contributed by atoms with Gasteiger partial charge in [-0.15, -0.1) is 0 Å². The first-order chi connectivity index (χ1) is 8.29. The minimum absolute atomic E-state index is 0.261. The molecule has 3 nitrogen and oxygen atoms in total. The van der Waals surface area contributed by atoms with Crippen molar-refractivity contribution in [3.8, 4) is 0 Å². The van der Waals surface area contributed by atoms with E-state index in [1.807, 2.05) is 32.9 Å². The van der Waals surface area contributed by atoms with Crippen LogP contribution in [0.5, 0.6) is 0 Å². The molecule has 2 rings (SSSR count). The molecule has 1 aromatic carbocycles. The number of rotatable bonds is 0. The highest BCUT2D eigenvalue weighted by Gasteiger charge is 2.29. The Morgan fingerprint density at radius 3 is 2.67 bits per heavy atom. The van der Waals surface area contributed by atoms with E-state index in [9.17, 15) is 4.79 Å². The van der Waals surface area contributed by atoms with Crippen molar-refractivity contribution < 1.29 is 9.53 Å². The summed E-state index contributed by atoms with van der Waals surface area (Å²) in [5.74, 6) is 0. The smallest absolute Gasteiger partial charge is 0.414 e. The Labute approximate surface area is 116 Å². The molecule has 0 saturated carbocycles. The fourth-order valence-corrected chi connectivity index (χ4v) is 2.50. The van der Waals surface area contributed by atoms with E-state index in [0.717, 1.165) is 16.6 Å². The molecule has 0 bridgehead atoms. The van der Waals surface area contributed by atoms with E-state index in [1.165, 1.54) is 11.1 Å². The number of carbonyl (C=O) groups is 1. The number of amides is 1. The number of nitrogens with zero attached hydrogens (tertiary/aromatic N) is 1. The Bertz CT molecular complexity index is 491. The summed E-state index contributed by atoms with van der Waals surface area (Å²) in [6.07, 6.45) is 0.628. The third-order valence-corrected chi connectivity index (χ3v) is 3.86. The van der Waals surface area contributed by atoms with Crippen molar-refractivity contribution in [3.63, 3.8) is 0 Å². The summed E-state index contributed by atoms with van der Waals surface area (Å²) in [4.78, 5) is 13.8. The molecule has 4 heteroatoms. The number of halogens is 1. The molecule has 1 heterocycles. The molecule has 0 radical (unpaired) electrons. The van der Waals surface area contributed by atoms with Crippen LogP contribution in [-0.4, -0.2) is 18.2 Å². The van der Waals surface area contributed by atoms with Crippen LogP contribution in [0.25, 0.3) is 0 Å². The van der Waals surface area contributed by atoms with Crippen LogP contribution in [0.1, 0.15) is 31.9 Å². The van der Waals surface area contributed by atoms with Gasteiger partial charge in [-0.2, -0.15) is 0 Å². The van der Waals surface area contributed by atoms with Crippen LogP contribution in [0.4, 0.5) is 10.5 Å². The first-order valence-corrected chi connectivity index (χ1v) is 6.87. The van der Waals surface area contributed by atoms with E-state index in [1.54, 1.807) is 4.90 Å². The van der Waals surface area contributed by atoms with Crippen molar-refractivity contribution in [1.29, 1.82) is 0 Å². The minimum Gasteiger partial charge on any atom is -0.443 e. The third-order valence-electron chi connectivity index (χ3n) is 3.00. The Balaban J connectivity index is 2.27. The fraction of sp³-hybridized carbons (Fsp3) is 0.500. The molecule has 0 atom stereocenters. The van der Waals surface area contributed by atoms with Crippen LogP contribution in [0.3, 0.4) is 0 Å². The predicted octanol–water partition coefficient (Wildman–Crippen LogP) is 4.06. The van der Waals surface area contributed by atoms with Gasteiger partial charge in [0.1, 0.15) is 5.60 Å². The van der Waals surface area contributed by atoms with Gasteiger partial charge in [0.15, 0.2) is 0 Å². The quantitative estimate of drug-likeness (QED) is 0.723. The van der Waals surface area contributed by atoms with Gasteiger partial charge in [0.2, 0.25) is 0 Å². The van der Waals surface area contributed by atoms with E-state index in [-0.39, 0.29) is 6.09 Å². The largest absolute Gasteiger partial charge is 0.443 e. The number of anilines is 1. The molecule has 0 N–H and O–H groups in total. The fourth-order valence-electron chi connectivity index (χ4n) is 2.13. The van der Waals surface area contributed by atoms with Crippen molar-refractivity contribution in [3.05, 3.63) is 27.7 Å². The van der Waals surface area contributed by atoms with Gasteiger partial charge >= 0.3 is 6.09 Å². The van der Waals surface area contributed by atoms with Crippen molar-refractivity contribution in [2.24, 2.45) is 0 Å². The molecule has 0 aromatic heterocycles. The lowest BCUT2D eigenvalue weighted by Gasteiger charge is -2.25. The zero-order valence-corrected chi connectivity index (χ0v) is 12.8. The average Bonchev–Trinajstić information content (AvgIpc) is 2.65. The molecule has 1 aromatic rings. The number of fused-ring (bicyclic) bond motifs is 1. The highest BCUT2D eigenvalue weighted by molar-refractivity contribution is 9.10. The van der Waals surface area contributed by atoms with Gasteiger partial charge in [0.05, 0.1) is 5.69 Å². The maximum atomic E-state index is 12.1. The van der Waals surface area contributed by atoms with E-state index in [0.29, 0.717) is 6.54 Å². The highest BCUT2D eigenvalue weighted by atomic mass is 79.9. The van der Waals surface area contributed by atoms with Gasteiger partial charge < -0.3 is 4.74 Å². The number of hydrogen-bond acceptors (Lipinski definition) is 2. The minimum atomic E-state index is -0.454. The Morgan fingerprint density at radius 2 is 2.06 bits per heavy atom. The Kier molecular flexibility index (Phi) is 3.41. The molecule has 0 aliphatic carbocycles. The topological polar surface area (TPSA) is 29.5 Å². The number of ether oxygens (including phenoxy) is 1. The normalized spacial score (nSPS) is 14.6. The molecule has 0 fully saturated rings.